The van der Waals surface area contributed by atoms with Crippen molar-refractivity contribution in [3.63, 3.8) is 0 Å². The van der Waals surface area contributed by atoms with Crippen LogP contribution in [0, 0.1) is 17.8 Å². The molecule has 1 amide bonds. The van der Waals surface area contributed by atoms with Crippen molar-refractivity contribution >= 4 is 5.91 Å². The average Bonchev–Trinajstić information content (AvgIpc) is 2.51. The van der Waals surface area contributed by atoms with Crippen molar-refractivity contribution in [1.29, 1.82) is 0 Å². The van der Waals surface area contributed by atoms with E-state index < -0.39 is 0 Å². The summed E-state index contributed by atoms with van der Waals surface area (Å²) in [5.74, 6) is 2.03. The van der Waals surface area contributed by atoms with E-state index >= 15 is 0 Å². The Morgan fingerprint density at radius 1 is 1.42 bits per heavy atom. The van der Waals surface area contributed by atoms with Gasteiger partial charge in [0.05, 0.1) is 0 Å². The van der Waals surface area contributed by atoms with E-state index in [0.29, 0.717) is 5.92 Å². The maximum Gasteiger partial charge on any atom is 0.222 e. The van der Waals surface area contributed by atoms with Crippen molar-refractivity contribution in [3.05, 3.63) is 0 Å². The van der Waals surface area contributed by atoms with Crippen molar-refractivity contribution in [2.24, 2.45) is 17.8 Å². The fourth-order valence-electron chi connectivity index (χ4n) is 2.06. The molecule has 0 spiro atoms. The van der Waals surface area contributed by atoms with Crippen LogP contribution in [0.25, 0.3) is 0 Å². The fraction of sp³-hybridized carbons (Fsp3) is 0.900. The van der Waals surface area contributed by atoms with Crippen LogP contribution in [0.2, 0.25) is 0 Å². The first-order chi connectivity index (χ1) is 5.65. The minimum atomic E-state index is 0.234. The second kappa shape index (κ2) is 3.92. The Morgan fingerprint density at radius 2 is 2.08 bits per heavy atom. The largest absolute Gasteiger partial charge is 0.359 e. The molecule has 1 N–H and O–H groups in total. The first-order valence-electron chi connectivity index (χ1n) is 4.86. The van der Waals surface area contributed by atoms with E-state index in [-0.39, 0.29) is 5.91 Å². The SMILES string of the molecule is CNC(=O)C1CCC(C(C)C)C1. The van der Waals surface area contributed by atoms with Gasteiger partial charge < -0.3 is 5.32 Å². The number of carbonyl (C=O) groups excluding carboxylic acids is 1. The quantitative estimate of drug-likeness (QED) is 0.671. The molecule has 0 aromatic carbocycles. The van der Waals surface area contributed by atoms with Crippen LogP contribution in [0.15, 0.2) is 0 Å². The molecule has 1 rings (SSSR count). The first kappa shape index (κ1) is 9.56. The molecule has 2 unspecified atom stereocenters. The lowest BCUT2D eigenvalue weighted by atomic mass is 9.93. The summed E-state index contributed by atoms with van der Waals surface area (Å²) in [6.07, 6.45) is 3.41. The number of nitrogens with one attached hydrogen (secondary N) is 1. The second-order valence-corrected chi connectivity index (χ2v) is 4.13. The molecule has 2 atom stereocenters. The predicted octanol–water partition coefficient (Wildman–Crippen LogP) is 1.80. The van der Waals surface area contributed by atoms with Crippen LogP contribution in [-0.4, -0.2) is 13.0 Å². The first-order valence-corrected chi connectivity index (χ1v) is 4.86. The number of carbonyl (C=O) groups is 1. The predicted molar refractivity (Wildman–Crippen MR) is 49.7 cm³/mol. The van der Waals surface area contributed by atoms with E-state index in [0.717, 1.165) is 24.7 Å². The smallest absolute Gasteiger partial charge is 0.222 e. The molecule has 0 aromatic rings. The zero-order chi connectivity index (χ0) is 9.14. The van der Waals surface area contributed by atoms with Crippen LogP contribution in [0.1, 0.15) is 33.1 Å². The molecule has 0 heterocycles. The zero-order valence-electron chi connectivity index (χ0n) is 8.26. The molecule has 1 aliphatic carbocycles. The molecule has 0 radical (unpaired) electrons. The highest BCUT2D eigenvalue weighted by atomic mass is 16.1. The highest BCUT2D eigenvalue weighted by Gasteiger charge is 2.30. The van der Waals surface area contributed by atoms with E-state index in [4.69, 9.17) is 0 Å². The number of hydrogen-bond acceptors (Lipinski definition) is 1. The van der Waals surface area contributed by atoms with Gasteiger partial charge in [0.15, 0.2) is 0 Å². The van der Waals surface area contributed by atoms with Gasteiger partial charge in [-0.15, -0.1) is 0 Å². The molecule has 0 bridgehead atoms. The number of amides is 1. The van der Waals surface area contributed by atoms with Crippen molar-refractivity contribution in [2.45, 2.75) is 33.1 Å². The van der Waals surface area contributed by atoms with E-state index in [1.807, 2.05) is 0 Å². The molecule has 2 heteroatoms. The van der Waals surface area contributed by atoms with Gasteiger partial charge in [-0.05, 0) is 31.1 Å². The summed E-state index contributed by atoms with van der Waals surface area (Å²) in [6, 6.07) is 0. The Hall–Kier alpha value is -0.530. The van der Waals surface area contributed by atoms with Crippen LogP contribution < -0.4 is 5.32 Å². The zero-order valence-corrected chi connectivity index (χ0v) is 8.26. The van der Waals surface area contributed by atoms with Gasteiger partial charge in [0, 0.05) is 13.0 Å². The van der Waals surface area contributed by atoms with Crippen LogP contribution >= 0.6 is 0 Å². The summed E-state index contributed by atoms with van der Waals surface area (Å²) >= 11 is 0. The summed E-state index contributed by atoms with van der Waals surface area (Å²) < 4.78 is 0. The van der Waals surface area contributed by atoms with Crippen LogP contribution in [0.3, 0.4) is 0 Å². The Morgan fingerprint density at radius 3 is 2.50 bits per heavy atom. The molecule has 2 nitrogen and oxygen atoms in total. The van der Waals surface area contributed by atoms with Gasteiger partial charge in [-0.3, -0.25) is 4.79 Å². The minimum Gasteiger partial charge on any atom is -0.359 e. The second-order valence-electron chi connectivity index (χ2n) is 4.13. The van der Waals surface area contributed by atoms with Gasteiger partial charge in [-0.25, -0.2) is 0 Å². The maximum atomic E-state index is 11.3. The van der Waals surface area contributed by atoms with Gasteiger partial charge in [0.25, 0.3) is 0 Å². The molecule has 0 saturated heterocycles. The highest BCUT2D eigenvalue weighted by molar-refractivity contribution is 5.78. The van der Waals surface area contributed by atoms with Gasteiger partial charge in [-0.1, -0.05) is 13.8 Å². The third-order valence-electron chi connectivity index (χ3n) is 3.03. The van der Waals surface area contributed by atoms with Gasteiger partial charge in [-0.2, -0.15) is 0 Å². The van der Waals surface area contributed by atoms with Crippen molar-refractivity contribution < 1.29 is 4.79 Å². The average molecular weight is 169 g/mol. The molecule has 0 aliphatic heterocycles. The number of hydrogen-bond donors (Lipinski definition) is 1. The van der Waals surface area contributed by atoms with Gasteiger partial charge in [0.2, 0.25) is 5.91 Å². The summed E-state index contributed by atoms with van der Waals surface area (Å²) in [6.45, 7) is 4.49. The lowest BCUT2D eigenvalue weighted by Crippen LogP contribution is -2.25. The summed E-state index contributed by atoms with van der Waals surface area (Å²) in [5, 5.41) is 2.73. The Balaban J connectivity index is 2.40. The lowest BCUT2D eigenvalue weighted by Gasteiger charge is -2.13. The Kier molecular flexibility index (Phi) is 3.12. The van der Waals surface area contributed by atoms with E-state index in [9.17, 15) is 4.79 Å². The van der Waals surface area contributed by atoms with Crippen molar-refractivity contribution in [1.82, 2.24) is 5.32 Å². The van der Waals surface area contributed by atoms with Crippen LogP contribution in [0.4, 0.5) is 0 Å². The summed E-state index contributed by atoms with van der Waals surface area (Å²) in [7, 11) is 1.73. The Bertz CT molecular complexity index is 165. The summed E-state index contributed by atoms with van der Waals surface area (Å²) in [4.78, 5) is 11.3. The van der Waals surface area contributed by atoms with Gasteiger partial charge >= 0.3 is 0 Å². The van der Waals surface area contributed by atoms with E-state index in [2.05, 4.69) is 19.2 Å². The molecule has 1 fully saturated rings. The molecule has 1 aliphatic rings. The molecule has 12 heavy (non-hydrogen) atoms. The van der Waals surface area contributed by atoms with Crippen molar-refractivity contribution in [2.75, 3.05) is 7.05 Å². The molecular formula is C10H19NO. The van der Waals surface area contributed by atoms with Gasteiger partial charge in [0.1, 0.15) is 0 Å². The Labute approximate surface area is 74.7 Å². The molecular weight excluding hydrogens is 150 g/mol. The molecule has 0 aromatic heterocycles. The van der Waals surface area contributed by atoms with E-state index in [1.54, 1.807) is 7.05 Å². The monoisotopic (exact) mass is 169 g/mol. The third kappa shape index (κ3) is 1.99. The van der Waals surface area contributed by atoms with Crippen LogP contribution in [-0.2, 0) is 4.79 Å². The number of rotatable bonds is 2. The summed E-state index contributed by atoms with van der Waals surface area (Å²) in [5.41, 5.74) is 0. The third-order valence-corrected chi connectivity index (χ3v) is 3.03. The fourth-order valence-corrected chi connectivity index (χ4v) is 2.06. The topological polar surface area (TPSA) is 29.1 Å². The van der Waals surface area contributed by atoms with E-state index in [1.165, 1.54) is 6.42 Å². The normalized spacial score (nSPS) is 29.3. The molecule has 70 valence electrons. The lowest BCUT2D eigenvalue weighted by molar-refractivity contribution is -0.124. The maximum absolute atomic E-state index is 11.3. The van der Waals surface area contributed by atoms with Crippen molar-refractivity contribution in [3.8, 4) is 0 Å². The molecule has 1 saturated carbocycles. The minimum absolute atomic E-state index is 0.234. The standard InChI is InChI=1S/C10H19NO/c1-7(2)8-4-5-9(6-8)10(12)11-3/h7-9H,4-6H2,1-3H3,(H,11,12). The van der Waals surface area contributed by atoms with Crippen LogP contribution in [0.5, 0.6) is 0 Å². The highest BCUT2D eigenvalue weighted by Crippen LogP contribution is 2.35.